The lowest BCUT2D eigenvalue weighted by Crippen LogP contribution is -1.91. The second kappa shape index (κ2) is 6.99. The van der Waals surface area contributed by atoms with Gasteiger partial charge in [0.25, 0.3) is 0 Å². The summed E-state index contributed by atoms with van der Waals surface area (Å²) in [6, 6.07) is 1.91. The summed E-state index contributed by atoms with van der Waals surface area (Å²) in [6.45, 7) is 0. The topological polar surface area (TPSA) is 87.5 Å². The molecule has 1 heterocycles. The molecule has 5 nitrogen and oxygen atoms in total. The third-order valence-electron chi connectivity index (χ3n) is 0.716. The van der Waals surface area contributed by atoms with Gasteiger partial charge in [-0.05, 0) is 17.6 Å². The smallest absolute Gasteiger partial charge is 0.328 e. The summed E-state index contributed by atoms with van der Waals surface area (Å²) in [5.41, 5.74) is 0. The number of carbonyl (C=O) groups is 2. The number of hydrogen-bond donors (Lipinski definition) is 2. The molecule has 0 fully saturated rings. The molecule has 0 aromatic carbocycles. The molecule has 0 bridgehead atoms. The van der Waals surface area contributed by atoms with E-state index in [1.807, 2.05) is 11.4 Å². The van der Waals surface area contributed by atoms with Crippen LogP contribution < -0.4 is 0 Å². The van der Waals surface area contributed by atoms with Crippen LogP contribution in [0.3, 0.4) is 0 Å². The quantitative estimate of drug-likeness (QED) is 0.693. The maximum Gasteiger partial charge on any atom is 0.328 e. The number of carboxylic acid groups (broad SMARTS) is 2. The summed E-state index contributed by atoms with van der Waals surface area (Å²) in [4.78, 5) is 19.1. The zero-order valence-electron chi connectivity index (χ0n) is 6.45. The van der Waals surface area contributed by atoms with Gasteiger partial charge in [0.15, 0.2) is 0 Å². The average molecular weight is 201 g/mol. The first kappa shape index (κ1) is 11.3. The van der Waals surface area contributed by atoms with Crippen molar-refractivity contribution in [3.05, 3.63) is 29.8 Å². The molecule has 2 N–H and O–H groups in total. The van der Waals surface area contributed by atoms with Crippen LogP contribution in [0.15, 0.2) is 29.8 Å². The maximum absolute atomic E-state index is 9.55. The SMILES string of the molecule is O=C(O)C=CC(=O)O.c1cnsc1. The molecule has 0 saturated heterocycles. The molecule has 0 spiro atoms. The maximum atomic E-state index is 9.55. The Kier molecular flexibility index (Phi) is 6.08. The molecule has 1 aromatic rings. The Hall–Kier alpha value is -1.69. The lowest BCUT2D eigenvalue weighted by molar-refractivity contribution is -0.134. The van der Waals surface area contributed by atoms with E-state index in [1.165, 1.54) is 11.5 Å². The van der Waals surface area contributed by atoms with Crippen LogP contribution >= 0.6 is 11.5 Å². The Labute approximate surface area is 78.1 Å². The Morgan fingerprint density at radius 3 is 1.92 bits per heavy atom. The second-order valence-electron chi connectivity index (χ2n) is 1.70. The Morgan fingerprint density at radius 1 is 1.23 bits per heavy atom. The number of rotatable bonds is 2. The van der Waals surface area contributed by atoms with E-state index in [2.05, 4.69) is 4.37 Å². The summed E-state index contributed by atoms with van der Waals surface area (Å²) in [5, 5.41) is 17.6. The summed E-state index contributed by atoms with van der Waals surface area (Å²) < 4.78 is 3.76. The third kappa shape index (κ3) is 10.3. The van der Waals surface area contributed by atoms with E-state index in [4.69, 9.17) is 10.2 Å². The van der Waals surface area contributed by atoms with Crippen molar-refractivity contribution in [3.8, 4) is 0 Å². The summed E-state index contributed by atoms with van der Waals surface area (Å²) in [6.07, 6.45) is 2.88. The molecule has 0 aliphatic rings. The average Bonchev–Trinajstić information content (AvgIpc) is 2.57. The van der Waals surface area contributed by atoms with Gasteiger partial charge in [0.2, 0.25) is 0 Å². The highest BCUT2D eigenvalue weighted by Crippen LogP contribution is 1.83. The van der Waals surface area contributed by atoms with E-state index in [1.54, 1.807) is 6.20 Å². The van der Waals surface area contributed by atoms with Gasteiger partial charge in [-0.25, -0.2) is 14.0 Å². The molecule has 0 atom stereocenters. The van der Waals surface area contributed by atoms with Crippen LogP contribution in [0, 0.1) is 0 Å². The van der Waals surface area contributed by atoms with Crippen LogP contribution in [-0.2, 0) is 9.59 Å². The van der Waals surface area contributed by atoms with Crippen molar-refractivity contribution in [1.29, 1.82) is 0 Å². The van der Waals surface area contributed by atoms with Crippen LogP contribution in [-0.4, -0.2) is 26.5 Å². The summed E-state index contributed by atoms with van der Waals surface area (Å²) >= 11 is 1.46. The number of aliphatic carboxylic acids is 2. The summed E-state index contributed by atoms with van der Waals surface area (Å²) in [5.74, 6) is -2.51. The second-order valence-corrected chi connectivity index (χ2v) is 2.39. The number of aromatic nitrogens is 1. The van der Waals surface area contributed by atoms with Gasteiger partial charge in [0, 0.05) is 23.7 Å². The Morgan fingerprint density at radius 2 is 1.77 bits per heavy atom. The van der Waals surface area contributed by atoms with Gasteiger partial charge in [0.05, 0.1) is 0 Å². The Bertz CT molecular complexity index is 247. The predicted octanol–water partition coefficient (Wildman–Crippen LogP) is 0.855. The predicted molar refractivity (Wildman–Crippen MR) is 46.5 cm³/mol. The zero-order chi connectivity index (χ0) is 10.1. The van der Waals surface area contributed by atoms with Crippen molar-refractivity contribution in [2.75, 3.05) is 0 Å². The normalized spacial score (nSPS) is 8.92. The van der Waals surface area contributed by atoms with Crippen LogP contribution in [0.4, 0.5) is 0 Å². The van der Waals surface area contributed by atoms with Gasteiger partial charge in [-0.15, -0.1) is 0 Å². The van der Waals surface area contributed by atoms with E-state index in [0.29, 0.717) is 12.2 Å². The number of hydrogen-bond acceptors (Lipinski definition) is 4. The lowest BCUT2D eigenvalue weighted by Gasteiger charge is -1.74. The van der Waals surface area contributed by atoms with E-state index < -0.39 is 11.9 Å². The minimum Gasteiger partial charge on any atom is -0.478 e. The molecule has 13 heavy (non-hydrogen) atoms. The molecule has 0 amide bonds. The largest absolute Gasteiger partial charge is 0.478 e. The highest BCUT2D eigenvalue weighted by atomic mass is 32.1. The van der Waals surface area contributed by atoms with Gasteiger partial charge in [-0.3, -0.25) is 0 Å². The standard InChI is InChI=1S/C4H4O4.C3H3NS/c5-3(6)1-2-4(7)8;1-2-4-5-3-1/h1-2H,(H,5,6)(H,7,8);1-3H. The van der Waals surface area contributed by atoms with E-state index >= 15 is 0 Å². The van der Waals surface area contributed by atoms with Crippen LogP contribution in [0.2, 0.25) is 0 Å². The van der Waals surface area contributed by atoms with Crippen molar-refractivity contribution >= 4 is 23.5 Å². The van der Waals surface area contributed by atoms with Crippen molar-refractivity contribution in [1.82, 2.24) is 4.37 Å². The zero-order valence-corrected chi connectivity index (χ0v) is 7.27. The first-order chi connectivity index (χ1) is 6.13. The fraction of sp³-hybridized carbons (Fsp3) is 0. The highest BCUT2D eigenvalue weighted by molar-refractivity contribution is 7.03. The molecule has 6 heteroatoms. The number of carboxylic acids is 2. The molecule has 0 unspecified atom stereocenters. The monoisotopic (exact) mass is 201 g/mol. The summed E-state index contributed by atoms with van der Waals surface area (Å²) in [7, 11) is 0. The van der Waals surface area contributed by atoms with Gasteiger partial charge in [0.1, 0.15) is 0 Å². The lowest BCUT2D eigenvalue weighted by atomic mass is 10.5. The van der Waals surface area contributed by atoms with Crippen molar-refractivity contribution in [3.63, 3.8) is 0 Å². The first-order valence-electron chi connectivity index (χ1n) is 3.11. The number of nitrogens with zero attached hydrogens (tertiary/aromatic N) is 1. The molecular formula is C7H7NO4S. The fourth-order valence-corrected chi connectivity index (χ4v) is 0.670. The van der Waals surface area contributed by atoms with Crippen LogP contribution in [0.25, 0.3) is 0 Å². The van der Waals surface area contributed by atoms with Crippen LogP contribution in [0.5, 0.6) is 0 Å². The highest BCUT2D eigenvalue weighted by Gasteiger charge is 1.88. The van der Waals surface area contributed by atoms with Gasteiger partial charge in [-0.2, -0.15) is 0 Å². The van der Waals surface area contributed by atoms with Gasteiger partial charge in [-0.1, -0.05) is 0 Å². The van der Waals surface area contributed by atoms with Crippen molar-refractivity contribution in [2.45, 2.75) is 0 Å². The molecule has 0 saturated carbocycles. The molecule has 0 aliphatic carbocycles. The molecule has 1 aromatic heterocycles. The van der Waals surface area contributed by atoms with E-state index in [0.717, 1.165) is 0 Å². The van der Waals surface area contributed by atoms with Gasteiger partial charge >= 0.3 is 11.9 Å². The molecular weight excluding hydrogens is 194 g/mol. The molecule has 70 valence electrons. The fourth-order valence-electron chi connectivity index (χ4n) is 0.318. The van der Waals surface area contributed by atoms with Crippen molar-refractivity contribution < 1.29 is 19.8 Å². The molecule has 1 rings (SSSR count). The van der Waals surface area contributed by atoms with Crippen molar-refractivity contribution in [2.24, 2.45) is 0 Å². The third-order valence-corrected chi connectivity index (χ3v) is 1.24. The first-order valence-corrected chi connectivity index (χ1v) is 3.95. The van der Waals surface area contributed by atoms with E-state index in [9.17, 15) is 9.59 Å². The Balaban J connectivity index is 0.000000243. The van der Waals surface area contributed by atoms with E-state index in [-0.39, 0.29) is 0 Å². The minimum absolute atomic E-state index is 0.558. The van der Waals surface area contributed by atoms with Crippen LogP contribution in [0.1, 0.15) is 0 Å². The molecule has 0 radical (unpaired) electrons. The van der Waals surface area contributed by atoms with Gasteiger partial charge < -0.3 is 10.2 Å². The molecule has 0 aliphatic heterocycles. The minimum atomic E-state index is -1.26.